The first-order valence-corrected chi connectivity index (χ1v) is 6.12. The summed E-state index contributed by atoms with van der Waals surface area (Å²) in [6.45, 7) is 1.60. The third-order valence-corrected chi connectivity index (χ3v) is 3.20. The molecule has 0 spiro atoms. The zero-order valence-electron chi connectivity index (χ0n) is 9.60. The normalized spacial score (nSPS) is 19.6. The average Bonchev–Trinajstić information content (AvgIpc) is 2.35. The number of piperidine rings is 1. The van der Waals surface area contributed by atoms with Crippen molar-refractivity contribution in [1.29, 1.82) is 0 Å². The molecule has 1 heterocycles. The second kappa shape index (κ2) is 5.63. The van der Waals surface area contributed by atoms with Gasteiger partial charge < -0.3 is 10.6 Å². The molecule has 98 valence electrons. The zero-order chi connectivity index (χ0) is 13.1. The number of carbonyl (C=O) groups excluding carboxylic acids is 1. The van der Waals surface area contributed by atoms with Crippen molar-refractivity contribution in [3.05, 3.63) is 34.4 Å². The Labute approximate surface area is 109 Å². The molecule has 0 aromatic heterocycles. The van der Waals surface area contributed by atoms with Crippen LogP contribution in [-0.2, 0) is 0 Å². The van der Waals surface area contributed by atoms with Gasteiger partial charge >= 0.3 is 0 Å². The third-order valence-electron chi connectivity index (χ3n) is 2.89. The Kier molecular flexibility index (Phi) is 4.14. The van der Waals surface area contributed by atoms with Crippen molar-refractivity contribution < 1.29 is 13.6 Å². The van der Waals surface area contributed by atoms with E-state index in [0.29, 0.717) is 6.54 Å². The SMILES string of the molecule is O=C(N[C@H]1CCCNC1)c1cc(F)c(F)cc1Cl. The van der Waals surface area contributed by atoms with E-state index >= 15 is 0 Å². The molecule has 1 aliphatic rings. The predicted octanol–water partition coefficient (Wildman–Crippen LogP) is 2.10. The van der Waals surface area contributed by atoms with Crippen LogP contribution in [0, 0.1) is 11.6 Å². The lowest BCUT2D eigenvalue weighted by molar-refractivity contribution is 0.0930. The molecule has 1 amide bonds. The minimum absolute atomic E-state index is 0.00423. The molecule has 2 rings (SSSR count). The third kappa shape index (κ3) is 2.97. The number of halogens is 3. The Morgan fingerprint density at radius 3 is 2.78 bits per heavy atom. The van der Waals surface area contributed by atoms with E-state index in [1.165, 1.54) is 0 Å². The van der Waals surface area contributed by atoms with Gasteiger partial charge in [-0.2, -0.15) is 0 Å². The zero-order valence-corrected chi connectivity index (χ0v) is 10.4. The molecule has 6 heteroatoms. The van der Waals surface area contributed by atoms with Gasteiger partial charge in [0.05, 0.1) is 10.6 Å². The molecule has 1 aliphatic heterocycles. The fraction of sp³-hybridized carbons (Fsp3) is 0.417. The number of carbonyl (C=O) groups is 1. The summed E-state index contributed by atoms with van der Waals surface area (Å²) in [7, 11) is 0. The van der Waals surface area contributed by atoms with Gasteiger partial charge in [-0.15, -0.1) is 0 Å². The molecule has 3 nitrogen and oxygen atoms in total. The first kappa shape index (κ1) is 13.2. The summed E-state index contributed by atoms with van der Waals surface area (Å²) >= 11 is 5.73. The molecule has 1 aromatic rings. The highest BCUT2D eigenvalue weighted by molar-refractivity contribution is 6.33. The van der Waals surface area contributed by atoms with Crippen LogP contribution in [0.25, 0.3) is 0 Å². The Morgan fingerprint density at radius 2 is 2.11 bits per heavy atom. The molecule has 0 unspecified atom stereocenters. The highest BCUT2D eigenvalue weighted by Crippen LogP contribution is 2.20. The Morgan fingerprint density at radius 1 is 1.39 bits per heavy atom. The molecule has 0 radical (unpaired) electrons. The monoisotopic (exact) mass is 274 g/mol. The summed E-state index contributed by atoms with van der Waals surface area (Å²) in [4.78, 5) is 11.9. The summed E-state index contributed by atoms with van der Waals surface area (Å²) in [5, 5.41) is 5.80. The van der Waals surface area contributed by atoms with Gasteiger partial charge in [0.25, 0.3) is 5.91 Å². The van der Waals surface area contributed by atoms with Crippen molar-refractivity contribution in [3.63, 3.8) is 0 Å². The standard InChI is InChI=1S/C12H13ClF2N2O/c13-9-5-11(15)10(14)4-8(9)12(18)17-7-2-1-3-16-6-7/h4-5,7,16H,1-3,6H2,(H,17,18)/t7-/m0/s1. The molecule has 0 saturated carbocycles. The van der Waals surface area contributed by atoms with E-state index in [4.69, 9.17) is 11.6 Å². The molecular weight excluding hydrogens is 262 g/mol. The van der Waals surface area contributed by atoms with Gasteiger partial charge in [0.2, 0.25) is 0 Å². The quantitative estimate of drug-likeness (QED) is 0.811. The molecule has 1 atom stereocenters. The van der Waals surface area contributed by atoms with Crippen molar-refractivity contribution in [2.24, 2.45) is 0 Å². The lowest BCUT2D eigenvalue weighted by Crippen LogP contribution is -2.45. The maximum absolute atomic E-state index is 13.1. The Hall–Kier alpha value is -1.20. The van der Waals surface area contributed by atoms with Crippen LogP contribution < -0.4 is 10.6 Å². The predicted molar refractivity (Wildman–Crippen MR) is 64.7 cm³/mol. The van der Waals surface area contributed by atoms with E-state index in [0.717, 1.165) is 31.5 Å². The van der Waals surface area contributed by atoms with Crippen LogP contribution in [0.4, 0.5) is 8.78 Å². The number of rotatable bonds is 2. The van der Waals surface area contributed by atoms with E-state index < -0.39 is 17.5 Å². The summed E-state index contributed by atoms with van der Waals surface area (Å²) in [6.07, 6.45) is 1.83. The van der Waals surface area contributed by atoms with Crippen LogP contribution in [-0.4, -0.2) is 25.0 Å². The van der Waals surface area contributed by atoms with Crippen LogP contribution >= 0.6 is 11.6 Å². The topological polar surface area (TPSA) is 41.1 Å². The second-order valence-electron chi connectivity index (χ2n) is 4.26. The number of hydrogen-bond donors (Lipinski definition) is 2. The molecule has 1 saturated heterocycles. The van der Waals surface area contributed by atoms with Crippen molar-refractivity contribution >= 4 is 17.5 Å². The maximum atomic E-state index is 13.1. The Bertz CT molecular complexity index is 462. The molecule has 0 bridgehead atoms. The first-order chi connectivity index (χ1) is 8.58. The smallest absolute Gasteiger partial charge is 0.253 e. The molecular formula is C12H13ClF2N2O. The lowest BCUT2D eigenvalue weighted by Gasteiger charge is -2.24. The summed E-state index contributed by atoms with van der Waals surface area (Å²) in [6, 6.07) is 1.63. The van der Waals surface area contributed by atoms with E-state index in [1.54, 1.807) is 0 Å². The molecule has 2 N–H and O–H groups in total. The summed E-state index contributed by atoms with van der Waals surface area (Å²) < 4.78 is 26.0. The number of benzene rings is 1. The van der Waals surface area contributed by atoms with Crippen LogP contribution in [0.2, 0.25) is 5.02 Å². The molecule has 18 heavy (non-hydrogen) atoms. The minimum Gasteiger partial charge on any atom is -0.348 e. The molecule has 1 fully saturated rings. The number of amides is 1. The van der Waals surface area contributed by atoms with Crippen molar-refractivity contribution in [2.45, 2.75) is 18.9 Å². The van der Waals surface area contributed by atoms with Gasteiger partial charge in [0.15, 0.2) is 11.6 Å². The van der Waals surface area contributed by atoms with Gasteiger partial charge in [-0.05, 0) is 31.5 Å². The van der Waals surface area contributed by atoms with Crippen molar-refractivity contribution in [1.82, 2.24) is 10.6 Å². The summed E-state index contributed by atoms with van der Waals surface area (Å²) in [5.41, 5.74) is -0.0406. The van der Waals surface area contributed by atoms with Crippen molar-refractivity contribution in [3.8, 4) is 0 Å². The largest absolute Gasteiger partial charge is 0.348 e. The van der Waals surface area contributed by atoms with Gasteiger partial charge in [-0.25, -0.2) is 8.78 Å². The molecule has 0 aliphatic carbocycles. The van der Waals surface area contributed by atoms with Crippen LogP contribution in [0.1, 0.15) is 23.2 Å². The number of nitrogens with one attached hydrogen (secondary N) is 2. The van der Waals surface area contributed by atoms with E-state index in [1.807, 2.05) is 0 Å². The van der Waals surface area contributed by atoms with E-state index in [9.17, 15) is 13.6 Å². The van der Waals surface area contributed by atoms with Gasteiger partial charge in [0.1, 0.15) is 0 Å². The Balaban J connectivity index is 2.10. The fourth-order valence-corrected chi connectivity index (χ4v) is 2.17. The van der Waals surface area contributed by atoms with Crippen LogP contribution in [0.15, 0.2) is 12.1 Å². The fourth-order valence-electron chi connectivity index (χ4n) is 1.93. The van der Waals surface area contributed by atoms with Gasteiger partial charge in [-0.1, -0.05) is 11.6 Å². The lowest BCUT2D eigenvalue weighted by atomic mass is 10.1. The highest BCUT2D eigenvalue weighted by Gasteiger charge is 2.19. The summed E-state index contributed by atoms with van der Waals surface area (Å²) in [5.74, 6) is -2.62. The van der Waals surface area contributed by atoms with E-state index in [-0.39, 0.29) is 16.6 Å². The first-order valence-electron chi connectivity index (χ1n) is 5.74. The second-order valence-corrected chi connectivity index (χ2v) is 4.67. The van der Waals surface area contributed by atoms with Crippen LogP contribution in [0.5, 0.6) is 0 Å². The highest BCUT2D eigenvalue weighted by atomic mass is 35.5. The van der Waals surface area contributed by atoms with Gasteiger partial charge in [-0.3, -0.25) is 4.79 Å². The number of hydrogen-bond acceptors (Lipinski definition) is 2. The maximum Gasteiger partial charge on any atom is 0.253 e. The van der Waals surface area contributed by atoms with Crippen molar-refractivity contribution in [2.75, 3.05) is 13.1 Å². The average molecular weight is 275 g/mol. The van der Waals surface area contributed by atoms with Gasteiger partial charge in [0, 0.05) is 12.6 Å². The van der Waals surface area contributed by atoms with Crippen LogP contribution in [0.3, 0.4) is 0 Å². The molecule has 1 aromatic carbocycles. The van der Waals surface area contributed by atoms with E-state index in [2.05, 4.69) is 10.6 Å². The minimum atomic E-state index is -1.08.